The van der Waals surface area contributed by atoms with E-state index in [2.05, 4.69) is 10.4 Å². The molecule has 1 heterocycles. The largest absolute Gasteiger partial charge is 0.293 e. The van der Waals surface area contributed by atoms with Crippen molar-refractivity contribution in [1.82, 2.24) is 10.4 Å². The predicted molar refractivity (Wildman–Crippen MR) is 61.5 cm³/mol. The Morgan fingerprint density at radius 2 is 2.53 bits per heavy atom. The lowest BCUT2D eigenvalue weighted by molar-refractivity contribution is -0.120. The van der Waals surface area contributed by atoms with Gasteiger partial charge >= 0.3 is 0 Å². The molecule has 15 heavy (non-hydrogen) atoms. The van der Waals surface area contributed by atoms with Crippen LogP contribution in [0.2, 0.25) is 5.02 Å². The molecule has 0 aliphatic heterocycles. The van der Waals surface area contributed by atoms with Crippen molar-refractivity contribution < 1.29 is 4.79 Å². The second kappa shape index (κ2) is 5.95. The highest BCUT2D eigenvalue weighted by atomic mass is 35.5. The molecule has 1 atom stereocenters. The molecule has 4 nitrogen and oxygen atoms in total. The molecule has 1 unspecified atom stereocenters. The van der Waals surface area contributed by atoms with Crippen molar-refractivity contribution in [2.24, 2.45) is 5.84 Å². The lowest BCUT2D eigenvalue weighted by atomic mass is 10.3. The molecular weight excluding hydrogens is 234 g/mol. The van der Waals surface area contributed by atoms with E-state index in [9.17, 15) is 4.79 Å². The Kier molecular flexibility index (Phi) is 4.87. The monoisotopic (exact) mass is 245 g/mol. The van der Waals surface area contributed by atoms with Crippen LogP contribution in [0.1, 0.15) is 13.3 Å². The van der Waals surface area contributed by atoms with E-state index in [0.29, 0.717) is 16.5 Å². The van der Waals surface area contributed by atoms with Gasteiger partial charge in [0.1, 0.15) is 5.03 Å². The van der Waals surface area contributed by atoms with E-state index in [4.69, 9.17) is 17.4 Å². The lowest BCUT2D eigenvalue weighted by Gasteiger charge is -2.12. The third-order valence-electron chi connectivity index (χ3n) is 1.78. The molecule has 0 saturated carbocycles. The van der Waals surface area contributed by atoms with Crippen LogP contribution in [0.4, 0.5) is 0 Å². The molecule has 0 aromatic carbocycles. The molecule has 0 aliphatic rings. The molecule has 0 saturated heterocycles. The highest BCUT2D eigenvalue weighted by molar-refractivity contribution is 8.00. The molecule has 0 spiro atoms. The number of rotatable bonds is 4. The van der Waals surface area contributed by atoms with E-state index >= 15 is 0 Å². The third-order valence-corrected chi connectivity index (χ3v) is 3.58. The molecule has 1 aromatic heterocycles. The Bertz CT molecular complexity index is 348. The zero-order valence-electron chi connectivity index (χ0n) is 8.24. The van der Waals surface area contributed by atoms with E-state index in [-0.39, 0.29) is 11.2 Å². The van der Waals surface area contributed by atoms with Gasteiger partial charge in [-0.2, -0.15) is 0 Å². The van der Waals surface area contributed by atoms with Crippen molar-refractivity contribution in [2.45, 2.75) is 23.6 Å². The summed E-state index contributed by atoms with van der Waals surface area (Å²) in [6.07, 6.45) is 2.31. The first-order valence-electron chi connectivity index (χ1n) is 4.46. The number of hydrazine groups is 1. The number of carbonyl (C=O) groups is 1. The Morgan fingerprint density at radius 3 is 3.07 bits per heavy atom. The summed E-state index contributed by atoms with van der Waals surface area (Å²) in [4.78, 5) is 15.4. The van der Waals surface area contributed by atoms with Crippen LogP contribution in [0.25, 0.3) is 0 Å². The van der Waals surface area contributed by atoms with E-state index < -0.39 is 0 Å². The van der Waals surface area contributed by atoms with E-state index in [1.54, 1.807) is 18.3 Å². The summed E-state index contributed by atoms with van der Waals surface area (Å²) in [5.74, 6) is 4.86. The summed E-state index contributed by atoms with van der Waals surface area (Å²) < 4.78 is 0. The number of hydrogen-bond donors (Lipinski definition) is 2. The fourth-order valence-electron chi connectivity index (χ4n) is 1.01. The van der Waals surface area contributed by atoms with Gasteiger partial charge < -0.3 is 0 Å². The Hall–Kier alpha value is -0.780. The number of nitrogens with two attached hydrogens (primary N) is 1. The molecular formula is C9H12ClN3OS. The number of amides is 1. The minimum atomic E-state index is -0.262. The number of hydrogen-bond acceptors (Lipinski definition) is 4. The van der Waals surface area contributed by atoms with Crippen LogP contribution < -0.4 is 11.3 Å². The van der Waals surface area contributed by atoms with Crippen LogP contribution >= 0.6 is 23.4 Å². The zero-order chi connectivity index (χ0) is 11.3. The zero-order valence-corrected chi connectivity index (χ0v) is 9.81. The van der Waals surface area contributed by atoms with Crippen molar-refractivity contribution in [3.63, 3.8) is 0 Å². The van der Waals surface area contributed by atoms with Gasteiger partial charge in [0.25, 0.3) is 0 Å². The van der Waals surface area contributed by atoms with Crippen LogP contribution in [0, 0.1) is 0 Å². The minimum Gasteiger partial charge on any atom is -0.293 e. The molecule has 3 N–H and O–H groups in total. The number of thioether (sulfide) groups is 1. The van der Waals surface area contributed by atoms with Crippen LogP contribution in [-0.2, 0) is 4.79 Å². The quantitative estimate of drug-likeness (QED) is 0.366. The number of nitrogens with one attached hydrogen (secondary N) is 1. The van der Waals surface area contributed by atoms with Crippen molar-refractivity contribution in [1.29, 1.82) is 0 Å². The predicted octanol–water partition coefficient (Wildman–Crippen LogP) is 1.60. The maximum atomic E-state index is 11.3. The van der Waals surface area contributed by atoms with Crippen LogP contribution in [0.3, 0.4) is 0 Å². The average Bonchev–Trinajstić information content (AvgIpc) is 2.27. The van der Waals surface area contributed by atoms with Gasteiger partial charge in [-0.05, 0) is 18.6 Å². The number of halogens is 1. The molecule has 82 valence electrons. The van der Waals surface area contributed by atoms with Gasteiger partial charge in [0.2, 0.25) is 5.91 Å². The third kappa shape index (κ3) is 3.37. The molecule has 0 bridgehead atoms. The van der Waals surface area contributed by atoms with Crippen molar-refractivity contribution in [3.05, 3.63) is 23.4 Å². The summed E-state index contributed by atoms with van der Waals surface area (Å²) in [7, 11) is 0. The van der Waals surface area contributed by atoms with Crippen LogP contribution in [0.15, 0.2) is 23.4 Å². The SMILES string of the molecule is CCC(Sc1ncccc1Cl)C(=O)NN. The van der Waals surface area contributed by atoms with Gasteiger partial charge in [-0.25, -0.2) is 10.8 Å². The molecule has 1 amide bonds. The lowest BCUT2D eigenvalue weighted by Crippen LogP contribution is -2.37. The maximum Gasteiger partial charge on any atom is 0.247 e. The Balaban J connectivity index is 2.75. The number of pyridine rings is 1. The smallest absolute Gasteiger partial charge is 0.247 e. The normalized spacial score (nSPS) is 12.2. The first-order valence-corrected chi connectivity index (χ1v) is 5.72. The highest BCUT2D eigenvalue weighted by Crippen LogP contribution is 2.29. The van der Waals surface area contributed by atoms with Crippen molar-refractivity contribution in [3.8, 4) is 0 Å². The van der Waals surface area contributed by atoms with Crippen molar-refractivity contribution in [2.75, 3.05) is 0 Å². The standard InChI is InChI=1S/C9H12ClN3OS/c1-2-7(8(14)13-11)15-9-6(10)4-3-5-12-9/h3-5,7H,2,11H2,1H3,(H,13,14). The molecule has 0 aliphatic carbocycles. The second-order valence-corrected chi connectivity index (χ2v) is 4.41. The molecule has 1 aromatic rings. The second-order valence-electron chi connectivity index (χ2n) is 2.81. The van der Waals surface area contributed by atoms with Gasteiger partial charge in [-0.3, -0.25) is 10.2 Å². The van der Waals surface area contributed by atoms with Gasteiger partial charge in [0.15, 0.2) is 0 Å². The average molecular weight is 246 g/mol. The topological polar surface area (TPSA) is 68.0 Å². The first kappa shape index (κ1) is 12.3. The number of aromatic nitrogens is 1. The van der Waals surface area contributed by atoms with Crippen LogP contribution in [0.5, 0.6) is 0 Å². The maximum absolute atomic E-state index is 11.3. The van der Waals surface area contributed by atoms with Crippen LogP contribution in [-0.4, -0.2) is 16.1 Å². The van der Waals surface area contributed by atoms with E-state index in [0.717, 1.165) is 0 Å². The molecule has 1 rings (SSSR count). The van der Waals surface area contributed by atoms with Gasteiger partial charge in [0, 0.05) is 6.20 Å². The minimum absolute atomic E-state index is 0.218. The Labute approximate surface area is 97.6 Å². The van der Waals surface area contributed by atoms with Gasteiger partial charge in [-0.15, -0.1) is 0 Å². The summed E-state index contributed by atoms with van der Waals surface area (Å²) >= 11 is 7.24. The summed E-state index contributed by atoms with van der Waals surface area (Å²) in [6, 6.07) is 3.49. The molecule has 0 fully saturated rings. The molecule has 6 heteroatoms. The number of carbonyl (C=O) groups excluding carboxylic acids is 1. The molecule has 0 radical (unpaired) electrons. The van der Waals surface area contributed by atoms with E-state index in [1.165, 1.54) is 11.8 Å². The summed E-state index contributed by atoms with van der Waals surface area (Å²) in [5.41, 5.74) is 2.13. The van der Waals surface area contributed by atoms with Gasteiger partial charge in [-0.1, -0.05) is 30.3 Å². The Morgan fingerprint density at radius 1 is 1.80 bits per heavy atom. The first-order chi connectivity index (χ1) is 7.19. The number of nitrogens with zero attached hydrogens (tertiary/aromatic N) is 1. The summed E-state index contributed by atoms with van der Waals surface area (Å²) in [6.45, 7) is 1.91. The van der Waals surface area contributed by atoms with Crippen molar-refractivity contribution >= 4 is 29.3 Å². The fraction of sp³-hybridized carbons (Fsp3) is 0.333. The highest BCUT2D eigenvalue weighted by Gasteiger charge is 2.18. The van der Waals surface area contributed by atoms with Gasteiger partial charge in [0.05, 0.1) is 10.3 Å². The fourth-order valence-corrected chi connectivity index (χ4v) is 2.18. The van der Waals surface area contributed by atoms with E-state index in [1.807, 2.05) is 6.92 Å². The summed E-state index contributed by atoms with van der Waals surface area (Å²) in [5, 5.41) is 0.933.